The molecule has 0 unspecified atom stereocenters. The lowest BCUT2D eigenvalue weighted by molar-refractivity contribution is -0.137. The van der Waals surface area contributed by atoms with Crippen LogP contribution >= 0.6 is 0 Å². The summed E-state index contributed by atoms with van der Waals surface area (Å²) in [6.45, 7) is 0.523. The van der Waals surface area contributed by atoms with Crippen molar-refractivity contribution in [2.45, 2.75) is 6.18 Å². The molecule has 1 amide bonds. The first-order valence-electron chi connectivity index (χ1n) is 11.0. The van der Waals surface area contributed by atoms with Gasteiger partial charge in [0.1, 0.15) is 5.65 Å². The highest BCUT2D eigenvalue weighted by molar-refractivity contribution is 6.00. The molecule has 7 nitrogen and oxygen atoms in total. The second-order valence-electron chi connectivity index (χ2n) is 8.36. The molecule has 0 spiro atoms. The highest BCUT2D eigenvalue weighted by Gasteiger charge is 2.31. The summed E-state index contributed by atoms with van der Waals surface area (Å²) in [5.41, 5.74) is 2.07. The van der Waals surface area contributed by atoms with Gasteiger partial charge in [0.25, 0.3) is 0 Å². The molecule has 186 valence electrons. The number of anilines is 1. The number of rotatable bonds is 7. The smallest absolute Gasteiger partial charge is 0.416 e. The van der Waals surface area contributed by atoms with Gasteiger partial charge in [-0.15, -0.1) is 0 Å². The van der Waals surface area contributed by atoms with E-state index in [1.54, 1.807) is 30.6 Å². The number of nitrogens with zero attached hydrogens (tertiary/aromatic N) is 3. The van der Waals surface area contributed by atoms with Gasteiger partial charge in [-0.05, 0) is 50.0 Å². The van der Waals surface area contributed by atoms with E-state index in [0.29, 0.717) is 29.0 Å². The van der Waals surface area contributed by atoms with Crippen molar-refractivity contribution in [1.29, 1.82) is 0 Å². The minimum absolute atomic E-state index is 0.0353. The topological polar surface area (TPSA) is 83.1 Å². The van der Waals surface area contributed by atoms with Crippen molar-refractivity contribution in [3.63, 3.8) is 0 Å². The van der Waals surface area contributed by atoms with Gasteiger partial charge in [0.15, 0.2) is 0 Å². The standard InChI is InChI=1S/C26H24F3N5O2/c1-34(2)8-4-5-23(35)33-20-10-17(9-19(12-20)26(27,28)29)18-11-21-22(15-32-25(21)31-14-18)16-6-7-24(36-3)30-13-16/h4-7,9-15H,8H2,1-3H3,(H,31,32)(H,33,35)/b5-4+. The van der Waals surface area contributed by atoms with Gasteiger partial charge in [0, 0.05) is 65.0 Å². The molecule has 0 radical (unpaired) electrons. The van der Waals surface area contributed by atoms with E-state index in [-0.39, 0.29) is 11.3 Å². The number of carbonyl (C=O) groups excluding carboxylic acids is 1. The second-order valence-corrected chi connectivity index (χ2v) is 8.36. The van der Waals surface area contributed by atoms with E-state index in [4.69, 9.17) is 4.74 Å². The molecule has 1 aromatic carbocycles. The van der Waals surface area contributed by atoms with Crippen molar-refractivity contribution in [2.24, 2.45) is 0 Å². The Morgan fingerprint density at radius 2 is 1.86 bits per heavy atom. The summed E-state index contributed by atoms with van der Waals surface area (Å²) in [4.78, 5) is 25.8. The van der Waals surface area contributed by atoms with Crippen LogP contribution in [0, 0.1) is 0 Å². The van der Waals surface area contributed by atoms with Crippen LogP contribution in [0.3, 0.4) is 0 Å². The molecule has 0 aliphatic heterocycles. The highest BCUT2D eigenvalue weighted by Crippen LogP contribution is 2.36. The predicted octanol–water partition coefficient (Wildman–Crippen LogP) is 5.38. The SMILES string of the molecule is COc1ccc(-c2c[nH]c3ncc(-c4cc(NC(=O)/C=C/CN(C)C)cc(C(F)(F)F)c4)cc23)cn1. The summed E-state index contributed by atoms with van der Waals surface area (Å²) >= 11 is 0. The summed E-state index contributed by atoms with van der Waals surface area (Å²) in [7, 11) is 5.20. The maximum Gasteiger partial charge on any atom is 0.416 e. The van der Waals surface area contributed by atoms with E-state index in [1.807, 2.05) is 25.1 Å². The van der Waals surface area contributed by atoms with Crippen molar-refractivity contribution >= 4 is 22.6 Å². The molecular weight excluding hydrogens is 471 g/mol. The molecule has 4 rings (SSSR count). The summed E-state index contributed by atoms with van der Waals surface area (Å²) in [5, 5.41) is 3.24. The van der Waals surface area contributed by atoms with Crippen LogP contribution in [0.4, 0.5) is 18.9 Å². The number of likely N-dealkylation sites (N-methyl/N-ethyl adjacent to an activating group) is 1. The monoisotopic (exact) mass is 495 g/mol. The Morgan fingerprint density at radius 3 is 2.53 bits per heavy atom. The number of pyridine rings is 2. The number of halogens is 3. The lowest BCUT2D eigenvalue weighted by Crippen LogP contribution is -2.13. The number of hydrogen-bond donors (Lipinski definition) is 2. The minimum Gasteiger partial charge on any atom is -0.481 e. The summed E-state index contributed by atoms with van der Waals surface area (Å²) in [6, 6.07) is 8.77. The van der Waals surface area contributed by atoms with E-state index in [1.165, 1.54) is 25.4 Å². The number of aromatic nitrogens is 3. The Morgan fingerprint density at radius 1 is 1.08 bits per heavy atom. The third-order valence-electron chi connectivity index (χ3n) is 5.39. The van der Waals surface area contributed by atoms with Gasteiger partial charge in [-0.25, -0.2) is 9.97 Å². The zero-order valence-corrected chi connectivity index (χ0v) is 19.8. The first-order valence-corrected chi connectivity index (χ1v) is 11.0. The van der Waals surface area contributed by atoms with Gasteiger partial charge in [0.05, 0.1) is 12.7 Å². The number of alkyl halides is 3. The fraction of sp³-hybridized carbons (Fsp3) is 0.192. The third-order valence-corrected chi connectivity index (χ3v) is 5.39. The number of H-pyrrole nitrogens is 1. The van der Waals surface area contributed by atoms with Gasteiger partial charge in [0.2, 0.25) is 11.8 Å². The van der Waals surface area contributed by atoms with Crippen molar-refractivity contribution in [2.75, 3.05) is 33.1 Å². The van der Waals surface area contributed by atoms with Crippen LogP contribution in [0.5, 0.6) is 5.88 Å². The molecule has 0 atom stereocenters. The van der Waals surface area contributed by atoms with Crippen molar-refractivity contribution in [3.05, 3.63) is 72.7 Å². The van der Waals surface area contributed by atoms with Gasteiger partial charge in [-0.2, -0.15) is 13.2 Å². The van der Waals surface area contributed by atoms with Crippen LogP contribution < -0.4 is 10.1 Å². The minimum atomic E-state index is -4.60. The molecule has 3 aromatic heterocycles. The second kappa shape index (κ2) is 10.2. The normalized spacial score (nSPS) is 12.0. The van der Waals surface area contributed by atoms with Crippen LogP contribution in [0.2, 0.25) is 0 Å². The molecule has 36 heavy (non-hydrogen) atoms. The molecular formula is C26H24F3N5O2. The first kappa shape index (κ1) is 24.9. The molecule has 0 aliphatic carbocycles. The lowest BCUT2D eigenvalue weighted by Gasteiger charge is -2.13. The largest absolute Gasteiger partial charge is 0.481 e. The molecule has 0 fully saturated rings. The van der Waals surface area contributed by atoms with E-state index < -0.39 is 17.6 Å². The van der Waals surface area contributed by atoms with E-state index in [0.717, 1.165) is 23.3 Å². The number of hydrogen-bond acceptors (Lipinski definition) is 5. The number of benzene rings is 1. The number of methoxy groups -OCH3 is 1. The number of nitrogens with one attached hydrogen (secondary N) is 2. The van der Waals surface area contributed by atoms with Crippen molar-refractivity contribution < 1.29 is 22.7 Å². The molecule has 4 aromatic rings. The fourth-order valence-corrected chi connectivity index (χ4v) is 3.65. The van der Waals surface area contributed by atoms with Gasteiger partial charge >= 0.3 is 6.18 Å². The Bertz CT molecular complexity index is 1410. The van der Waals surface area contributed by atoms with Crippen LogP contribution in [-0.4, -0.2) is 53.5 Å². The molecule has 0 saturated carbocycles. The van der Waals surface area contributed by atoms with E-state index in [9.17, 15) is 18.0 Å². The molecule has 3 heterocycles. The van der Waals surface area contributed by atoms with Gasteiger partial charge in [-0.3, -0.25) is 4.79 Å². The van der Waals surface area contributed by atoms with Gasteiger partial charge < -0.3 is 19.9 Å². The molecule has 2 N–H and O–H groups in total. The predicted molar refractivity (Wildman–Crippen MR) is 133 cm³/mol. The van der Waals surface area contributed by atoms with Crippen LogP contribution in [0.1, 0.15) is 5.56 Å². The molecule has 0 aliphatic rings. The number of fused-ring (bicyclic) bond motifs is 1. The Kier molecular flexibility index (Phi) is 7.07. The molecule has 0 bridgehead atoms. The third kappa shape index (κ3) is 5.72. The molecule has 10 heteroatoms. The number of aromatic amines is 1. The zero-order chi connectivity index (χ0) is 25.9. The Hall–Kier alpha value is -4.18. The number of amides is 1. The summed E-state index contributed by atoms with van der Waals surface area (Å²) in [5.74, 6) is -0.0527. The van der Waals surface area contributed by atoms with Crippen molar-refractivity contribution in [3.8, 4) is 28.1 Å². The summed E-state index contributed by atoms with van der Waals surface area (Å²) in [6.07, 6.45) is 3.24. The average Bonchev–Trinajstić information content (AvgIpc) is 3.26. The summed E-state index contributed by atoms with van der Waals surface area (Å²) < 4.78 is 46.1. The van der Waals surface area contributed by atoms with Crippen LogP contribution in [0.25, 0.3) is 33.3 Å². The van der Waals surface area contributed by atoms with Gasteiger partial charge in [-0.1, -0.05) is 6.08 Å². The van der Waals surface area contributed by atoms with Crippen LogP contribution in [0.15, 0.2) is 67.1 Å². The van der Waals surface area contributed by atoms with E-state index in [2.05, 4.69) is 20.3 Å². The quantitative estimate of drug-likeness (QED) is 0.337. The van der Waals surface area contributed by atoms with Crippen molar-refractivity contribution in [1.82, 2.24) is 19.9 Å². The highest BCUT2D eigenvalue weighted by atomic mass is 19.4. The van der Waals surface area contributed by atoms with Crippen LogP contribution in [-0.2, 0) is 11.0 Å². The maximum absolute atomic E-state index is 13.7. The number of carbonyl (C=O) groups is 1. The number of ether oxygens (including phenoxy) is 1. The Balaban J connectivity index is 1.73. The fourth-order valence-electron chi connectivity index (χ4n) is 3.65. The first-order chi connectivity index (χ1) is 17.1. The lowest BCUT2D eigenvalue weighted by atomic mass is 10.0. The maximum atomic E-state index is 13.7. The Labute approximate surface area is 205 Å². The average molecular weight is 496 g/mol. The zero-order valence-electron chi connectivity index (χ0n) is 19.8. The van der Waals surface area contributed by atoms with E-state index >= 15 is 0 Å². The molecule has 0 saturated heterocycles.